The molecule has 0 radical (unpaired) electrons. The van der Waals surface area contributed by atoms with Gasteiger partial charge in [0.1, 0.15) is 10.8 Å². The van der Waals surface area contributed by atoms with Gasteiger partial charge in [0, 0.05) is 5.56 Å². The van der Waals surface area contributed by atoms with Crippen LogP contribution >= 0.6 is 23.8 Å². The van der Waals surface area contributed by atoms with Crippen molar-refractivity contribution in [3.05, 3.63) is 58.9 Å². The molecular weight excluding hydrogens is 313 g/mol. The lowest BCUT2D eigenvalue weighted by molar-refractivity contribution is 0.262. The third-order valence-electron chi connectivity index (χ3n) is 2.62. The summed E-state index contributed by atoms with van der Waals surface area (Å²) in [4.78, 5) is 12.0. The van der Waals surface area contributed by atoms with Crippen LogP contribution in [-0.2, 0) is 0 Å². The van der Waals surface area contributed by atoms with Gasteiger partial charge in [-0.05, 0) is 24.3 Å². The Kier molecular flexibility index (Phi) is 4.72. The fraction of sp³-hybridized carbons (Fsp3) is 0. The Balaban J connectivity index is 2.15. The molecule has 0 bridgehead atoms. The number of nitrogens with one attached hydrogen (secondary N) is 2. The van der Waals surface area contributed by atoms with Crippen LogP contribution in [0, 0.1) is 5.82 Å². The van der Waals surface area contributed by atoms with E-state index >= 15 is 0 Å². The van der Waals surface area contributed by atoms with Crippen LogP contribution in [0.5, 0.6) is 0 Å². The molecule has 0 saturated carbocycles. The number of thiocarbonyl (C=S) groups is 1. The molecule has 2 aromatic rings. The SMILES string of the molecule is NC(=S)c1ccc(Cl)c(NC(=O)Nc2ccccc2F)c1. The van der Waals surface area contributed by atoms with E-state index in [-0.39, 0.29) is 10.7 Å². The molecule has 0 spiro atoms. The van der Waals surface area contributed by atoms with Gasteiger partial charge in [0.15, 0.2) is 0 Å². The number of nitrogens with two attached hydrogens (primary N) is 1. The number of urea groups is 1. The number of para-hydroxylation sites is 1. The van der Waals surface area contributed by atoms with Gasteiger partial charge >= 0.3 is 6.03 Å². The molecule has 0 aliphatic carbocycles. The molecule has 0 fully saturated rings. The van der Waals surface area contributed by atoms with Crippen molar-refractivity contribution in [2.75, 3.05) is 10.6 Å². The second-order valence-corrected chi connectivity index (χ2v) is 4.96. The van der Waals surface area contributed by atoms with E-state index in [0.717, 1.165) is 0 Å². The van der Waals surface area contributed by atoms with E-state index in [1.54, 1.807) is 24.3 Å². The number of carbonyl (C=O) groups is 1. The number of hydrogen-bond acceptors (Lipinski definition) is 2. The normalized spacial score (nSPS) is 10.0. The molecule has 0 atom stereocenters. The number of benzene rings is 2. The zero-order chi connectivity index (χ0) is 15.4. The quantitative estimate of drug-likeness (QED) is 0.753. The number of amides is 2. The minimum atomic E-state index is -0.623. The highest BCUT2D eigenvalue weighted by atomic mass is 35.5. The van der Waals surface area contributed by atoms with Crippen LogP contribution in [0.4, 0.5) is 20.6 Å². The summed E-state index contributed by atoms with van der Waals surface area (Å²) in [5.41, 5.74) is 6.48. The molecule has 0 heterocycles. The number of hydrogen-bond donors (Lipinski definition) is 3. The number of halogens is 2. The van der Waals surface area contributed by atoms with Crippen LogP contribution in [0.15, 0.2) is 42.5 Å². The average Bonchev–Trinajstić information content (AvgIpc) is 2.43. The predicted octanol–water partition coefficient (Wildman–Crippen LogP) is 3.76. The first-order chi connectivity index (χ1) is 9.97. The summed E-state index contributed by atoms with van der Waals surface area (Å²) >= 11 is 10.8. The summed E-state index contributed by atoms with van der Waals surface area (Å²) in [6, 6.07) is 9.96. The lowest BCUT2D eigenvalue weighted by atomic mass is 10.2. The second-order valence-electron chi connectivity index (χ2n) is 4.12. The van der Waals surface area contributed by atoms with E-state index in [2.05, 4.69) is 10.6 Å². The third-order valence-corrected chi connectivity index (χ3v) is 3.19. The van der Waals surface area contributed by atoms with E-state index in [9.17, 15) is 9.18 Å². The van der Waals surface area contributed by atoms with E-state index in [1.807, 2.05) is 0 Å². The van der Waals surface area contributed by atoms with Crippen molar-refractivity contribution < 1.29 is 9.18 Å². The minimum absolute atomic E-state index is 0.0663. The van der Waals surface area contributed by atoms with Crippen molar-refractivity contribution in [2.45, 2.75) is 0 Å². The fourth-order valence-corrected chi connectivity index (χ4v) is 1.90. The topological polar surface area (TPSA) is 67.1 Å². The van der Waals surface area contributed by atoms with Crippen molar-refractivity contribution in [2.24, 2.45) is 5.73 Å². The van der Waals surface area contributed by atoms with E-state index in [1.165, 1.54) is 18.2 Å². The van der Waals surface area contributed by atoms with Crippen LogP contribution in [0.3, 0.4) is 0 Å². The van der Waals surface area contributed by atoms with Crippen LogP contribution in [0.2, 0.25) is 5.02 Å². The zero-order valence-corrected chi connectivity index (χ0v) is 12.3. The minimum Gasteiger partial charge on any atom is -0.389 e. The second kappa shape index (κ2) is 6.51. The van der Waals surface area contributed by atoms with E-state index < -0.39 is 11.8 Å². The summed E-state index contributed by atoms with van der Waals surface area (Å²) in [6.45, 7) is 0. The fourth-order valence-electron chi connectivity index (χ4n) is 1.61. The van der Waals surface area contributed by atoms with Gasteiger partial charge in [-0.15, -0.1) is 0 Å². The first kappa shape index (κ1) is 15.2. The molecule has 108 valence electrons. The summed E-state index contributed by atoms with van der Waals surface area (Å²) in [5, 5.41) is 5.22. The third kappa shape index (κ3) is 3.90. The van der Waals surface area contributed by atoms with Gasteiger partial charge in [0.2, 0.25) is 0 Å². The van der Waals surface area contributed by atoms with Gasteiger partial charge < -0.3 is 16.4 Å². The monoisotopic (exact) mass is 323 g/mol. The maximum atomic E-state index is 13.4. The van der Waals surface area contributed by atoms with Gasteiger partial charge in [-0.1, -0.05) is 42.0 Å². The molecule has 4 nitrogen and oxygen atoms in total. The van der Waals surface area contributed by atoms with E-state index in [4.69, 9.17) is 29.6 Å². The maximum absolute atomic E-state index is 13.4. The summed E-state index contributed by atoms with van der Waals surface area (Å²) in [5.74, 6) is -0.532. The molecule has 2 aromatic carbocycles. The first-order valence-electron chi connectivity index (χ1n) is 5.89. The van der Waals surface area contributed by atoms with Gasteiger partial charge in [-0.3, -0.25) is 0 Å². The van der Waals surface area contributed by atoms with Crippen LogP contribution < -0.4 is 16.4 Å². The molecule has 0 unspecified atom stereocenters. The van der Waals surface area contributed by atoms with Crippen molar-refractivity contribution in [3.63, 3.8) is 0 Å². The summed E-state index contributed by atoms with van der Waals surface area (Å²) < 4.78 is 13.4. The van der Waals surface area contributed by atoms with Crippen LogP contribution in [0.1, 0.15) is 5.56 Å². The Morgan fingerprint density at radius 2 is 1.81 bits per heavy atom. The van der Waals surface area contributed by atoms with Crippen molar-refractivity contribution >= 4 is 46.2 Å². The smallest absolute Gasteiger partial charge is 0.323 e. The van der Waals surface area contributed by atoms with Gasteiger partial charge in [-0.2, -0.15) is 0 Å². The summed E-state index contributed by atoms with van der Waals surface area (Å²) in [7, 11) is 0. The molecular formula is C14H11ClFN3OS. The molecule has 0 saturated heterocycles. The first-order valence-corrected chi connectivity index (χ1v) is 6.68. The predicted molar refractivity (Wildman–Crippen MR) is 86.4 cm³/mol. The Morgan fingerprint density at radius 1 is 1.14 bits per heavy atom. The molecule has 7 heteroatoms. The highest BCUT2D eigenvalue weighted by molar-refractivity contribution is 7.80. The van der Waals surface area contributed by atoms with Crippen LogP contribution in [-0.4, -0.2) is 11.0 Å². The highest BCUT2D eigenvalue weighted by Gasteiger charge is 2.09. The zero-order valence-electron chi connectivity index (χ0n) is 10.7. The van der Waals surface area contributed by atoms with Gasteiger partial charge in [0.25, 0.3) is 0 Å². The molecule has 21 heavy (non-hydrogen) atoms. The molecule has 4 N–H and O–H groups in total. The Labute approximate surface area is 131 Å². The molecule has 2 amide bonds. The summed E-state index contributed by atoms with van der Waals surface area (Å²) in [6.07, 6.45) is 0. The maximum Gasteiger partial charge on any atom is 0.323 e. The Hall–Kier alpha value is -2.18. The molecule has 0 aromatic heterocycles. The molecule has 2 rings (SSSR count). The largest absolute Gasteiger partial charge is 0.389 e. The molecule has 0 aliphatic heterocycles. The number of carbonyl (C=O) groups excluding carboxylic acids is 1. The highest BCUT2D eigenvalue weighted by Crippen LogP contribution is 2.23. The standard InChI is InChI=1S/C14H11ClFN3OS/c15-9-6-5-8(13(17)21)7-12(9)19-14(20)18-11-4-2-1-3-10(11)16/h1-7H,(H2,17,21)(H2,18,19,20). The van der Waals surface area contributed by atoms with Gasteiger partial charge in [0.05, 0.1) is 16.4 Å². The Bertz CT molecular complexity index is 708. The number of anilines is 2. The van der Waals surface area contributed by atoms with Crippen LogP contribution in [0.25, 0.3) is 0 Å². The van der Waals surface area contributed by atoms with Crippen molar-refractivity contribution in [1.29, 1.82) is 0 Å². The average molecular weight is 324 g/mol. The van der Waals surface area contributed by atoms with E-state index in [0.29, 0.717) is 16.3 Å². The van der Waals surface area contributed by atoms with Crippen molar-refractivity contribution in [3.8, 4) is 0 Å². The van der Waals surface area contributed by atoms with Gasteiger partial charge in [-0.25, -0.2) is 9.18 Å². The van der Waals surface area contributed by atoms with Crippen molar-refractivity contribution in [1.82, 2.24) is 0 Å². The lowest BCUT2D eigenvalue weighted by Gasteiger charge is -2.10. The number of rotatable bonds is 3. The molecule has 0 aliphatic rings. The lowest BCUT2D eigenvalue weighted by Crippen LogP contribution is -2.20. The Morgan fingerprint density at radius 3 is 2.48 bits per heavy atom.